The van der Waals surface area contributed by atoms with Gasteiger partial charge in [-0.3, -0.25) is 0 Å². The minimum absolute atomic E-state index is 0.868. The average molecular weight is 1740 g/mol. The summed E-state index contributed by atoms with van der Waals surface area (Å²) < 4.78 is 31.6. The molecule has 0 aliphatic rings. The summed E-state index contributed by atoms with van der Waals surface area (Å²) in [6.07, 6.45) is 0. The summed E-state index contributed by atoms with van der Waals surface area (Å²) in [4.78, 5) is 9.38. The van der Waals surface area contributed by atoms with E-state index in [4.69, 9.17) is 17.7 Å². The van der Waals surface area contributed by atoms with Gasteiger partial charge in [-0.2, -0.15) is 0 Å². The van der Waals surface area contributed by atoms with Gasteiger partial charge in [0.2, 0.25) is 0 Å². The second-order valence-corrected chi connectivity index (χ2v) is 36.3. The summed E-state index contributed by atoms with van der Waals surface area (Å²) in [7, 11) is 0. The topological polar surface area (TPSA) is 74.3 Å². The van der Waals surface area contributed by atoms with Crippen molar-refractivity contribution in [2.45, 2.75) is 13.8 Å². The van der Waals surface area contributed by atoms with Crippen LogP contribution in [0.3, 0.4) is 0 Å². The minimum atomic E-state index is 0.868. The highest BCUT2D eigenvalue weighted by molar-refractivity contribution is 6.29. The van der Waals surface area contributed by atoms with Crippen molar-refractivity contribution in [3.05, 3.63) is 448 Å². The Bertz CT molecular complexity index is 9670. The summed E-state index contributed by atoms with van der Waals surface area (Å²) in [6, 6.07) is 158. The highest BCUT2D eigenvalue weighted by Crippen LogP contribution is 2.53. The number of anilines is 12. The molecule has 0 radical (unpaired) electrons. The lowest BCUT2D eigenvalue weighted by molar-refractivity contribution is 0.668. The summed E-state index contributed by atoms with van der Waals surface area (Å²) in [5.41, 5.74) is 29.3. The number of aromatic nitrogens is 2. The van der Waals surface area contributed by atoms with E-state index in [-0.39, 0.29) is 0 Å². The molecule has 0 unspecified atom stereocenters. The van der Waals surface area contributed by atoms with E-state index in [1.165, 1.54) is 120 Å². The Morgan fingerprint density at radius 3 is 0.699 bits per heavy atom. The molecule has 136 heavy (non-hydrogen) atoms. The van der Waals surface area contributed by atoms with Gasteiger partial charge in [-0.15, -0.1) is 0 Å². The molecule has 0 N–H and O–H groups in total. The highest BCUT2D eigenvalue weighted by Gasteiger charge is 2.29. The predicted molar refractivity (Wildman–Crippen MR) is 570 cm³/mol. The average Bonchev–Trinajstić information content (AvgIpc) is 1.54. The zero-order valence-electron chi connectivity index (χ0n) is 73.9. The predicted octanol–water partition coefficient (Wildman–Crippen LogP) is 36.4. The van der Waals surface area contributed by atoms with Crippen LogP contribution in [-0.4, -0.2) is 8.80 Å². The maximum atomic E-state index is 6.67. The highest BCUT2D eigenvalue weighted by atomic mass is 16.3. The molecule has 0 saturated heterocycles. The fraction of sp³-hybridized carbons (Fsp3) is 0.0159. The maximum Gasteiger partial charge on any atom is 0.159 e. The second-order valence-electron chi connectivity index (χ2n) is 36.3. The van der Waals surface area contributed by atoms with E-state index in [2.05, 4.69) is 443 Å². The monoisotopic (exact) mass is 1740 g/mol. The third-order valence-corrected chi connectivity index (χ3v) is 28.7. The van der Waals surface area contributed by atoms with E-state index < -0.39 is 0 Å². The van der Waals surface area contributed by atoms with Gasteiger partial charge in [0.15, 0.2) is 22.3 Å². The molecule has 30 rings (SSSR count). The molecule has 8 aromatic heterocycles. The van der Waals surface area contributed by atoms with Crippen molar-refractivity contribution in [2.75, 3.05) is 19.6 Å². The largest absolute Gasteiger partial charge is 0.454 e. The van der Waals surface area contributed by atoms with Crippen molar-refractivity contribution in [1.82, 2.24) is 8.80 Å². The van der Waals surface area contributed by atoms with Crippen molar-refractivity contribution in [3.63, 3.8) is 0 Å². The Labute approximate surface area is 777 Å². The molecule has 0 amide bonds. The normalized spacial score (nSPS) is 12.2. The van der Waals surface area contributed by atoms with Gasteiger partial charge in [0.05, 0.1) is 55.8 Å². The van der Waals surface area contributed by atoms with E-state index >= 15 is 0 Å². The molecule has 30 aromatic rings. The zero-order valence-corrected chi connectivity index (χ0v) is 73.9. The molecule has 22 aromatic carbocycles. The molecular weight excluding hydrogens is 1660 g/mol. The number of rotatable bonds is 12. The van der Waals surface area contributed by atoms with Gasteiger partial charge < -0.3 is 46.1 Å². The third kappa shape index (κ3) is 11.3. The second kappa shape index (κ2) is 29.2. The smallest absolute Gasteiger partial charge is 0.159 e. The number of furan rings is 4. The van der Waals surface area contributed by atoms with Crippen LogP contribution in [-0.2, 0) is 0 Å². The molecule has 0 spiro atoms. The number of hydrogen-bond acceptors (Lipinski definition) is 8. The van der Waals surface area contributed by atoms with Crippen molar-refractivity contribution in [2.24, 2.45) is 0 Å². The number of nitrogens with zero attached hydrogens (tertiary/aromatic N) is 6. The standard InChI is InChI=1S/C64H41N3O2.C62H37N3O2/c1-38-14-3-7-22-54(38)65(56-24-12-20-50-46-16-5-9-26-60(46)68-63(50)56)44-30-28-40-34-52-48-18-11-19-49-53-35-41-29-31-45(33-43(41)37-59(53)67(62(48)49)58(52)36-42(40)32-44)66(55-23-8-4-15-39(55)2)57-25-13-21-51-47-17-6-10-27-61(47)69-64(51)57;1-3-14-42(15-4-1)63(54-24-12-22-50-46-18-7-9-26-58(46)66-61(50)54)44-30-28-38-34-52-48-20-11-21-49-53-35-39-29-31-45(33-41(39)37-57(53)65(60(48)49)56(52)36-40(38)32-44)64(43-16-5-2-6-17-43)55-25-13-23-51-47-19-8-10-27-59(47)67-62(51)55/h3-37H,1-2H3;1-37H. The van der Waals surface area contributed by atoms with Gasteiger partial charge in [-0.25, -0.2) is 0 Å². The molecule has 0 bridgehead atoms. The molecule has 0 aliphatic carbocycles. The van der Waals surface area contributed by atoms with Gasteiger partial charge in [0, 0.05) is 132 Å². The van der Waals surface area contributed by atoms with E-state index in [1.54, 1.807) is 0 Å². The van der Waals surface area contributed by atoms with Gasteiger partial charge in [-0.1, -0.05) is 255 Å². The fourth-order valence-electron chi connectivity index (χ4n) is 22.5. The molecule has 0 saturated carbocycles. The molecule has 0 atom stereocenters. The minimum Gasteiger partial charge on any atom is -0.454 e. The van der Waals surface area contributed by atoms with Crippen molar-refractivity contribution < 1.29 is 17.7 Å². The lowest BCUT2D eigenvalue weighted by atomic mass is 10.0. The van der Waals surface area contributed by atoms with Crippen LogP contribution < -0.4 is 19.6 Å². The Hall–Kier alpha value is -18.1. The van der Waals surface area contributed by atoms with E-state index in [0.29, 0.717) is 0 Å². The molecule has 636 valence electrons. The van der Waals surface area contributed by atoms with E-state index in [0.717, 1.165) is 167 Å². The third-order valence-electron chi connectivity index (χ3n) is 28.7. The zero-order chi connectivity index (χ0) is 89.2. The van der Waals surface area contributed by atoms with Crippen LogP contribution in [0.2, 0.25) is 0 Å². The van der Waals surface area contributed by atoms with Gasteiger partial charge in [-0.05, 0) is 250 Å². The fourth-order valence-corrected chi connectivity index (χ4v) is 22.5. The first-order chi connectivity index (χ1) is 67.2. The van der Waals surface area contributed by atoms with Crippen LogP contribution >= 0.6 is 0 Å². The van der Waals surface area contributed by atoms with Crippen LogP contribution in [0.25, 0.3) is 207 Å². The maximum absolute atomic E-state index is 6.67. The molecule has 10 heteroatoms. The van der Waals surface area contributed by atoms with Gasteiger partial charge >= 0.3 is 0 Å². The van der Waals surface area contributed by atoms with Crippen molar-refractivity contribution in [3.8, 4) is 0 Å². The Kier molecular flexibility index (Phi) is 16.2. The lowest BCUT2D eigenvalue weighted by Gasteiger charge is -2.27. The van der Waals surface area contributed by atoms with Gasteiger partial charge in [0.1, 0.15) is 22.3 Å². The molecule has 8 heterocycles. The molecular formula is C126H78N6O4. The van der Waals surface area contributed by atoms with Crippen LogP contribution in [0, 0.1) is 13.8 Å². The number of aryl methyl sites for hydroxylation is 2. The van der Waals surface area contributed by atoms with E-state index in [9.17, 15) is 0 Å². The van der Waals surface area contributed by atoms with Crippen LogP contribution in [0.1, 0.15) is 11.1 Å². The van der Waals surface area contributed by atoms with Crippen LogP contribution in [0.15, 0.2) is 454 Å². The summed E-state index contributed by atoms with van der Waals surface area (Å²) in [6.45, 7) is 4.37. The SMILES string of the molecule is Cc1ccccc1N(c1ccc2cc3c4cccc5c6cc7ccc(N(c8ccccc8C)c8cccc9c8oc8ccccc89)cc7cc6n(c3cc2c1)c45)c1cccc2c1oc1ccccc12.c1ccc(N(c2ccc3cc4c5cccc6c7cc8ccc(N(c9ccccc9)c9cccc%10c9oc9ccccc9%10)cc8cc7n(c4cc3c2)c56)c2cccc3c2oc2ccccc23)cc1. The first kappa shape index (κ1) is 75.7. The summed E-state index contributed by atoms with van der Waals surface area (Å²) in [5.74, 6) is 0. The van der Waals surface area contributed by atoms with E-state index in [1.807, 2.05) is 36.4 Å². The Morgan fingerprint density at radius 1 is 0.162 bits per heavy atom. The lowest BCUT2D eigenvalue weighted by Crippen LogP contribution is -2.11. The molecule has 0 aliphatic heterocycles. The Balaban J connectivity index is 0.000000132. The molecule has 0 fully saturated rings. The number of hydrogen-bond donors (Lipinski definition) is 0. The van der Waals surface area contributed by atoms with Crippen molar-refractivity contribution >= 4 is 275 Å². The Morgan fingerprint density at radius 2 is 0.397 bits per heavy atom. The quantitative estimate of drug-likeness (QED) is 0.120. The van der Waals surface area contributed by atoms with Crippen LogP contribution in [0.4, 0.5) is 68.2 Å². The first-order valence-corrected chi connectivity index (χ1v) is 46.5. The number of fused-ring (bicyclic) bond motifs is 28. The van der Waals surface area contributed by atoms with Gasteiger partial charge in [0.25, 0.3) is 0 Å². The number of para-hydroxylation sites is 14. The van der Waals surface area contributed by atoms with Crippen LogP contribution in [0.5, 0.6) is 0 Å². The number of benzene rings is 22. The molecule has 10 nitrogen and oxygen atoms in total. The first-order valence-electron chi connectivity index (χ1n) is 46.5. The summed E-state index contributed by atoms with van der Waals surface area (Å²) in [5, 5.41) is 28.4. The summed E-state index contributed by atoms with van der Waals surface area (Å²) >= 11 is 0. The van der Waals surface area contributed by atoms with Crippen molar-refractivity contribution in [1.29, 1.82) is 0 Å².